The molecule has 1 aliphatic rings. The zero-order chi connectivity index (χ0) is 21.0. The number of hydrogen-bond acceptors (Lipinski definition) is 6. The van der Waals surface area contributed by atoms with Crippen LogP contribution < -0.4 is 4.74 Å². The number of methoxy groups -OCH3 is 1. The molecule has 2 aromatic carbocycles. The molecule has 0 saturated heterocycles. The van der Waals surface area contributed by atoms with E-state index in [1.807, 2.05) is 0 Å². The van der Waals surface area contributed by atoms with Gasteiger partial charge in [-0.1, -0.05) is 12.1 Å². The zero-order valence-electron chi connectivity index (χ0n) is 16.2. The lowest BCUT2D eigenvalue weighted by Crippen LogP contribution is -2.31. The van der Waals surface area contributed by atoms with Crippen LogP contribution in [-0.2, 0) is 9.53 Å². The first kappa shape index (κ1) is 20.3. The van der Waals surface area contributed by atoms with E-state index in [1.165, 1.54) is 14.0 Å². The second-order valence-corrected chi connectivity index (χ2v) is 6.64. The van der Waals surface area contributed by atoms with Gasteiger partial charge in [-0.3, -0.25) is 24.1 Å². The third kappa shape index (κ3) is 4.34. The molecule has 3 rings (SSSR count). The van der Waals surface area contributed by atoms with E-state index < -0.39 is 12.1 Å². The Bertz CT molecular complexity index is 915. The Balaban J connectivity index is 1.48. The molecule has 0 N–H and O–H groups in total. The molecule has 29 heavy (non-hydrogen) atoms. The number of rotatable bonds is 8. The van der Waals surface area contributed by atoms with E-state index in [9.17, 15) is 19.2 Å². The Labute approximate surface area is 168 Å². The number of imide groups is 1. The molecule has 1 heterocycles. The molecule has 0 aromatic heterocycles. The molecule has 2 aromatic rings. The quantitative estimate of drug-likeness (QED) is 0.388. The minimum atomic E-state index is -0.935. The van der Waals surface area contributed by atoms with Crippen LogP contribution >= 0.6 is 0 Å². The summed E-state index contributed by atoms with van der Waals surface area (Å²) in [5.74, 6) is -0.972. The molecular weight excluding hydrogens is 374 g/mol. The van der Waals surface area contributed by atoms with E-state index in [2.05, 4.69) is 0 Å². The summed E-state index contributed by atoms with van der Waals surface area (Å²) in [4.78, 5) is 50.1. The first-order valence-corrected chi connectivity index (χ1v) is 9.25. The monoisotopic (exact) mass is 395 g/mol. The van der Waals surface area contributed by atoms with Crippen molar-refractivity contribution in [2.45, 2.75) is 25.9 Å². The highest BCUT2D eigenvalue weighted by Crippen LogP contribution is 2.22. The molecule has 2 amide bonds. The van der Waals surface area contributed by atoms with Crippen LogP contribution in [0.15, 0.2) is 48.5 Å². The van der Waals surface area contributed by atoms with Crippen LogP contribution in [0.3, 0.4) is 0 Å². The fourth-order valence-corrected chi connectivity index (χ4v) is 3.12. The molecule has 0 fully saturated rings. The van der Waals surface area contributed by atoms with Crippen molar-refractivity contribution in [2.75, 3.05) is 13.7 Å². The zero-order valence-corrected chi connectivity index (χ0v) is 16.2. The number of fused-ring (bicyclic) bond motifs is 1. The van der Waals surface area contributed by atoms with Crippen LogP contribution in [-0.4, -0.2) is 48.2 Å². The van der Waals surface area contributed by atoms with Crippen molar-refractivity contribution in [1.82, 2.24) is 4.90 Å². The van der Waals surface area contributed by atoms with Crippen molar-refractivity contribution >= 4 is 23.6 Å². The van der Waals surface area contributed by atoms with Gasteiger partial charge in [0.2, 0.25) is 5.78 Å². The largest absolute Gasteiger partial charge is 0.497 e. The first-order valence-electron chi connectivity index (χ1n) is 9.25. The second-order valence-electron chi connectivity index (χ2n) is 6.64. The van der Waals surface area contributed by atoms with Gasteiger partial charge in [-0.2, -0.15) is 0 Å². The molecular formula is C22H21NO6. The Morgan fingerprint density at radius 1 is 0.966 bits per heavy atom. The summed E-state index contributed by atoms with van der Waals surface area (Å²) in [6.07, 6.45) is -0.684. The highest BCUT2D eigenvalue weighted by Gasteiger charge is 2.34. The summed E-state index contributed by atoms with van der Waals surface area (Å²) in [6, 6.07) is 13.1. The van der Waals surface area contributed by atoms with Crippen LogP contribution in [0.2, 0.25) is 0 Å². The summed E-state index contributed by atoms with van der Waals surface area (Å²) < 4.78 is 10.2. The standard InChI is InChI=1S/C22H21NO6/c1-14(20(25)15-9-11-16(28-2)12-10-15)29-19(24)8-5-13-23-21(26)17-6-3-4-7-18(17)22(23)27/h3-4,6-7,9-12,14H,5,8,13H2,1-2H3/t14-/m1/s1. The first-order chi connectivity index (χ1) is 13.9. The normalized spacial score (nSPS) is 13.8. The average Bonchev–Trinajstić information content (AvgIpc) is 2.98. The summed E-state index contributed by atoms with van der Waals surface area (Å²) in [6.45, 7) is 1.62. The number of benzene rings is 2. The molecule has 7 nitrogen and oxygen atoms in total. The van der Waals surface area contributed by atoms with Gasteiger partial charge in [0.05, 0.1) is 18.2 Å². The van der Waals surface area contributed by atoms with Gasteiger partial charge in [0.15, 0.2) is 6.10 Å². The lowest BCUT2D eigenvalue weighted by molar-refractivity contribution is -0.146. The number of Topliss-reactive ketones (excluding diaryl/α,β-unsaturated/α-hetero) is 1. The van der Waals surface area contributed by atoms with Crippen molar-refractivity contribution in [2.24, 2.45) is 0 Å². The minimum absolute atomic E-state index is 0.00631. The van der Waals surface area contributed by atoms with Crippen LogP contribution in [0.4, 0.5) is 0 Å². The van der Waals surface area contributed by atoms with Crippen LogP contribution in [0.5, 0.6) is 5.75 Å². The summed E-state index contributed by atoms with van der Waals surface area (Å²) in [5, 5.41) is 0. The van der Waals surface area contributed by atoms with E-state index >= 15 is 0 Å². The third-order valence-corrected chi connectivity index (χ3v) is 4.69. The number of esters is 1. The highest BCUT2D eigenvalue weighted by atomic mass is 16.5. The number of carbonyl (C=O) groups is 4. The van der Waals surface area contributed by atoms with Crippen molar-refractivity contribution in [3.8, 4) is 5.75 Å². The van der Waals surface area contributed by atoms with E-state index in [4.69, 9.17) is 9.47 Å². The summed E-state index contributed by atoms with van der Waals surface area (Å²) in [5.41, 5.74) is 1.16. The van der Waals surface area contributed by atoms with E-state index in [0.29, 0.717) is 22.4 Å². The number of hydrogen-bond donors (Lipinski definition) is 0. The molecule has 1 atom stereocenters. The number of carbonyl (C=O) groups excluding carboxylic acids is 4. The number of ketones is 1. The van der Waals surface area contributed by atoms with Gasteiger partial charge < -0.3 is 9.47 Å². The minimum Gasteiger partial charge on any atom is -0.497 e. The predicted molar refractivity (Wildman–Crippen MR) is 104 cm³/mol. The molecule has 0 aliphatic carbocycles. The van der Waals surface area contributed by atoms with Crippen LogP contribution in [0.1, 0.15) is 50.8 Å². The molecule has 0 unspecified atom stereocenters. The third-order valence-electron chi connectivity index (χ3n) is 4.69. The van der Waals surface area contributed by atoms with Gasteiger partial charge in [0.1, 0.15) is 5.75 Å². The van der Waals surface area contributed by atoms with Crippen molar-refractivity contribution in [3.63, 3.8) is 0 Å². The maximum Gasteiger partial charge on any atom is 0.306 e. The van der Waals surface area contributed by atoms with Gasteiger partial charge in [0, 0.05) is 18.5 Å². The van der Waals surface area contributed by atoms with E-state index in [-0.39, 0.29) is 37.0 Å². The molecule has 7 heteroatoms. The van der Waals surface area contributed by atoms with Crippen molar-refractivity contribution < 1.29 is 28.7 Å². The molecule has 0 radical (unpaired) electrons. The fraction of sp³-hybridized carbons (Fsp3) is 0.273. The van der Waals surface area contributed by atoms with Crippen LogP contribution in [0, 0.1) is 0 Å². The average molecular weight is 395 g/mol. The van der Waals surface area contributed by atoms with Crippen LogP contribution in [0.25, 0.3) is 0 Å². The van der Waals surface area contributed by atoms with Crippen molar-refractivity contribution in [1.29, 1.82) is 0 Å². The topological polar surface area (TPSA) is 90.0 Å². The Morgan fingerprint density at radius 2 is 1.55 bits per heavy atom. The van der Waals surface area contributed by atoms with E-state index in [1.54, 1.807) is 48.5 Å². The van der Waals surface area contributed by atoms with Gasteiger partial charge in [0.25, 0.3) is 11.8 Å². The van der Waals surface area contributed by atoms with Gasteiger partial charge >= 0.3 is 5.97 Å². The lowest BCUT2D eigenvalue weighted by atomic mass is 10.1. The Hall–Kier alpha value is -3.48. The number of nitrogens with zero attached hydrogens (tertiary/aromatic N) is 1. The van der Waals surface area contributed by atoms with Gasteiger partial charge in [-0.25, -0.2) is 0 Å². The molecule has 0 bridgehead atoms. The Morgan fingerprint density at radius 3 is 2.10 bits per heavy atom. The van der Waals surface area contributed by atoms with Gasteiger partial charge in [-0.15, -0.1) is 0 Å². The highest BCUT2D eigenvalue weighted by molar-refractivity contribution is 6.21. The number of amides is 2. The number of ether oxygens (including phenoxy) is 2. The van der Waals surface area contributed by atoms with Crippen molar-refractivity contribution in [3.05, 3.63) is 65.2 Å². The molecule has 150 valence electrons. The predicted octanol–water partition coefficient (Wildman–Crippen LogP) is 2.89. The molecule has 1 aliphatic heterocycles. The van der Waals surface area contributed by atoms with E-state index in [0.717, 1.165) is 4.90 Å². The summed E-state index contributed by atoms with van der Waals surface area (Å²) >= 11 is 0. The Kier molecular flexibility index (Phi) is 6.07. The fourth-order valence-electron chi connectivity index (χ4n) is 3.12. The summed E-state index contributed by atoms with van der Waals surface area (Å²) in [7, 11) is 1.53. The lowest BCUT2D eigenvalue weighted by Gasteiger charge is -2.15. The maximum absolute atomic E-state index is 12.4. The second kappa shape index (κ2) is 8.68. The van der Waals surface area contributed by atoms with Gasteiger partial charge in [-0.05, 0) is 49.7 Å². The molecule has 0 saturated carbocycles. The SMILES string of the molecule is COc1ccc(C(=O)[C@@H](C)OC(=O)CCCN2C(=O)c3ccccc3C2=O)cc1. The maximum atomic E-state index is 12.4. The molecule has 0 spiro atoms. The smallest absolute Gasteiger partial charge is 0.306 e.